The highest BCUT2D eigenvalue weighted by Crippen LogP contribution is 2.16. The molecule has 1 N–H and O–H groups in total. The summed E-state index contributed by atoms with van der Waals surface area (Å²) in [6, 6.07) is 5.30. The Morgan fingerprint density at radius 2 is 1.94 bits per heavy atom. The van der Waals surface area contributed by atoms with Crippen molar-refractivity contribution in [2.75, 3.05) is 13.1 Å². The zero-order valence-electron chi connectivity index (χ0n) is 18.7. The van der Waals surface area contributed by atoms with Crippen LogP contribution in [0.3, 0.4) is 0 Å². The molecule has 1 saturated heterocycles. The second kappa shape index (κ2) is 8.65. The number of hydrogen-bond acceptors (Lipinski definition) is 5. The highest BCUT2D eigenvalue weighted by molar-refractivity contribution is 5.97. The molecular weight excluding hydrogens is 418 g/mol. The van der Waals surface area contributed by atoms with Crippen molar-refractivity contribution in [3.05, 3.63) is 70.1 Å². The van der Waals surface area contributed by atoms with Gasteiger partial charge in [0.2, 0.25) is 0 Å². The van der Waals surface area contributed by atoms with Crippen molar-refractivity contribution in [1.29, 1.82) is 5.41 Å². The van der Waals surface area contributed by atoms with E-state index in [-0.39, 0.29) is 22.5 Å². The zero-order valence-corrected chi connectivity index (χ0v) is 18.7. The minimum absolute atomic E-state index is 0.105. The number of hydrogen-bond donors (Lipinski definition) is 1. The van der Waals surface area contributed by atoms with Crippen LogP contribution in [0.1, 0.15) is 41.6 Å². The predicted molar refractivity (Wildman–Crippen MR) is 124 cm³/mol. The van der Waals surface area contributed by atoms with Gasteiger partial charge in [0.25, 0.3) is 11.5 Å². The molecule has 0 radical (unpaired) electrons. The highest BCUT2D eigenvalue weighted by Gasteiger charge is 2.23. The van der Waals surface area contributed by atoms with Gasteiger partial charge >= 0.3 is 0 Å². The average molecular weight is 446 g/mol. The third-order valence-corrected chi connectivity index (χ3v) is 6.36. The Bertz CT molecular complexity index is 1440. The fourth-order valence-electron chi connectivity index (χ4n) is 4.57. The third-order valence-electron chi connectivity index (χ3n) is 6.36. The Hall–Kier alpha value is -3.75. The van der Waals surface area contributed by atoms with Gasteiger partial charge in [-0.05, 0) is 50.3 Å². The molecule has 0 atom stereocenters. The molecule has 9 nitrogen and oxygen atoms in total. The van der Waals surface area contributed by atoms with Crippen molar-refractivity contribution in [2.24, 2.45) is 0 Å². The van der Waals surface area contributed by atoms with E-state index in [1.54, 1.807) is 34.3 Å². The molecule has 5 rings (SSSR count). The SMILES string of the molecule is Cc1cccn2c(=O)c3cc(C(=O)N4CCCCC4)c(=N)n(CCCn4ccnc4)c3nc12. The van der Waals surface area contributed by atoms with E-state index in [2.05, 4.69) is 4.98 Å². The number of pyridine rings is 2. The first-order valence-electron chi connectivity index (χ1n) is 11.4. The van der Waals surface area contributed by atoms with Crippen LogP contribution in [0.2, 0.25) is 0 Å². The molecule has 4 aromatic rings. The molecule has 0 unspecified atom stereocenters. The Balaban J connectivity index is 1.67. The van der Waals surface area contributed by atoms with Crippen LogP contribution in [0.25, 0.3) is 16.7 Å². The van der Waals surface area contributed by atoms with Crippen molar-refractivity contribution in [2.45, 2.75) is 45.7 Å². The minimum Gasteiger partial charge on any atom is -0.339 e. The number of carbonyl (C=O) groups is 1. The van der Waals surface area contributed by atoms with Gasteiger partial charge in [-0.15, -0.1) is 0 Å². The van der Waals surface area contributed by atoms with E-state index >= 15 is 0 Å². The molecule has 0 bridgehead atoms. The summed E-state index contributed by atoms with van der Waals surface area (Å²) in [7, 11) is 0. The summed E-state index contributed by atoms with van der Waals surface area (Å²) in [5.74, 6) is -0.182. The molecule has 9 heteroatoms. The summed E-state index contributed by atoms with van der Waals surface area (Å²) < 4.78 is 5.21. The van der Waals surface area contributed by atoms with Gasteiger partial charge in [0.05, 0.1) is 17.3 Å². The van der Waals surface area contributed by atoms with Crippen LogP contribution in [0.5, 0.6) is 0 Å². The van der Waals surface area contributed by atoms with Crippen LogP contribution in [0.4, 0.5) is 0 Å². The molecule has 1 aliphatic heterocycles. The Morgan fingerprint density at radius 3 is 2.70 bits per heavy atom. The number of piperidine rings is 1. The summed E-state index contributed by atoms with van der Waals surface area (Å²) in [5.41, 5.74) is 2.02. The van der Waals surface area contributed by atoms with Crippen LogP contribution in [0, 0.1) is 12.3 Å². The number of amides is 1. The van der Waals surface area contributed by atoms with E-state index in [0.717, 1.165) is 24.8 Å². The Kier molecular flexibility index (Phi) is 5.53. The summed E-state index contributed by atoms with van der Waals surface area (Å²) in [5, 5.41) is 9.27. The van der Waals surface area contributed by atoms with Crippen molar-refractivity contribution < 1.29 is 4.79 Å². The van der Waals surface area contributed by atoms with Gasteiger partial charge in [0.1, 0.15) is 16.8 Å². The quantitative estimate of drug-likeness (QED) is 0.477. The zero-order chi connectivity index (χ0) is 22.9. The number of carbonyl (C=O) groups excluding carboxylic acids is 1. The summed E-state index contributed by atoms with van der Waals surface area (Å²) in [6.45, 7) is 4.45. The Morgan fingerprint density at radius 1 is 1.12 bits per heavy atom. The number of aromatic nitrogens is 5. The fourth-order valence-corrected chi connectivity index (χ4v) is 4.57. The van der Waals surface area contributed by atoms with E-state index in [9.17, 15) is 9.59 Å². The van der Waals surface area contributed by atoms with Gasteiger partial charge in [0.15, 0.2) is 0 Å². The minimum atomic E-state index is -0.227. The molecule has 5 heterocycles. The molecule has 0 saturated carbocycles. The van der Waals surface area contributed by atoms with Gasteiger partial charge in [-0.2, -0.15) is 0 Å². The third kappa shape index (κ3) is 3.83. The van der Waals surface area contributed by atoms with E-state index in [4.69, 9.17) is 10.4 Å². The molecule has 4 aromatic heterocycles. The molecule has 0 spiro atoms. The van der Waals surface area contributed by atoms with E-state index < -0.39 is 0 Å². The maximum absolute atomic E-state index is 13.4. The smallest absolute Gasteiger partial charge is 0.267 e. The first-order valence-corrected chi connectivity index (χ1v) is 11.4. The van der Waals surface area contributed by atoms with E-state index in [1.165, 1.54) is 4.40 Å². The lowest BCUT2D eigenvalue weighted by Crippen LogP contribution is -2.40. The number of likely N-dealkylation sites (tertiary alicyclic amines) is 1. The topological polar surface area (TPSA) is 101 Å². The van der Waals surface area contributed by atoms with Gasteiger partial charge < -0.3 is 14.0 Å². The highest BCUT2D eigenvalue weighted by atomic mass is 16.2. The lowest BCUT2D eigenvalue weighted by Gasteiger charge is -2.27. The molecule has 33 heavy (non-hydrogen) atoms. The molecule has 1 aliphatic rings. The average Bonchev–Trinajstić information content (AvgIpc) is 3.35. The second-order valence-electron chi connectivity index (χ2n) is 8.60. The number of nitrogens with one attached hydrogen (secondary N) is 1. The number of rotatable bonds is 5. The van der Waals surface area contributed by atoms with Gasteiger partial charge in [-0.3, -0.25) is 19.4 Å². The van der Waals surface area contributed by atoms with E-state index in [1.807, 2.05) is 29.8 Å². The normalized spacial score (nSPS) is 14.3. The Labute approximate surface area is 190 Å². The van der Waals surface area contributed by atoms with Crippen LogP contribution in [-0.2, 0) is 13.1 Å². The molecule has 1 amide bonds. The maximum Gasteiger partial charge on any atom is 0.267 e. The number of fused-ring (bicyclic) bond motifs is 2. The monoisotopic (exact) mass is 445 g/mol. The standard InChI is InChI=1S/C24H27N7O2/c1-17-7-5-12-31-21(17)27-22-19(24(31)33)15-18(23(32)29-10-3-2-4-11-29)20(25)30(22)13-6-9-28-14-8-26-16-28/h5,7-8,12,14-16,25H,2-4,6,9-11,13H2,1H3. The van der Waals surface area contributed by atoms with Crippen molar-refractivity contribution in [1.82, 2.24) is 28.4 Å². The second-order valence-corrected chi connectivity index (χ2v) is 8.60. The molecule has 0 aromatic carbocycles. The number of imidazole rings is 1. The fraction of sp³-hybridized carbons (Fsp3) is 0.375. The van der Waals surface area contributed by atoms with Crippen molar-refractivity contribution >= 4 is 22.6 Å². The summed E-state index contributed by atoms with van der Waals surface area (Å²) in [6.07, 6.45) is 10.8. The van der Waals surface area contributed by atoms with Gasteiger partial charge in [-0.25, -0.2) is 9.97 Å². The van der Waals surface area contributed by atoms with Crippen LogP contribution in [-0.4, -0.2) is 47.4 Å². The molecule has 1 fully saturated rings. The molecule has 170 valence electrons. The number of nitrogens with zero attached hydrogens (tertiary/aromatic N) is 6. The van der Waals surface area contributed by atoms with Crippen LogP contribution in [0.15, 0.2) is 47.9 Å². The predicted octanol–water partition coefficient (Wildman–Crippen LogP) is 2.35. The van der Waals surface area contributed by atoms with Crippen LogP contribution >= 0.6 is 0 Å². The van der Waals surface area contributed by atoms with Crippen molar-refractivity contribution in [3.63, 3.8) is 0 Å². The van der Waals surface area contributed by atoms with Crippen LogP contribution < -0.4 is 11.0 Å². The van der Waals surface area contributed by atoms with Gasteiger partial charge in [0, 0.05) is 44.8 Å². The summed E-state index contributed by atoms with van der Waals surface area (Å²) >= 11 is 0. The lowest BCUT2D eigenvalue weighted by atomic mass is 10.1. The van der Waals surface area contributed by atoms with Crippen molar-refractivity contribution in [3.8, 4) is 0 Å². The first-order chi connectivity index (χ1) is 16.0. The maximum atomic E-state index is 13.4. The first kappa shape index (κ1) is 21.1. The molecular formula is C24H27N7O2. The summed E-state index contributed by atoms with van der Waals surface area (Å²) in [4.78, 5) is 37.4. The van der Waals surface area contributed by atoms with Gasteiger partial charge in [-0.1, -0.05) is 6.07 Å². The van der Waals surface area contributed by atoms with E-state index in [0.29, 0.717) is 49.3 Å². The lowest BCUT2D eigenvalue weighted by molar-refractivity contribution is 0.0721. The largest absolute Gasteiger partial charge is 0.339 e. The number of aryl methyl sites for hydroxylation is 3. The molecule has 0 aliphatic carbocycles.